The van der Waals surface area contributed by atoms with Crippen LogP contribution in [-0.2, 0) is 0 Å². The summed E-state index contributed by atoms with van der Waals surface area (Å²) in [4.78, 5) is 0. The molecule has 2 unspecified atom stereocenters. The second-order valence-electron chi connectivity index (χ2n) is 5.07. The first kappa shape index (κ1) is 10.7. The lowest BCUT2D eigenvalue weighted by atomic mass is 9.85. The van der Waals surface area contributed by atoms with E-state index in [1.54, 1.807) is 0 Å². The number of hydrogen-bond donors (Lipinski definition) is 1. The van der Waals surface area contributed by atoms with E-state index >= 15 is 0 Å². The maximum Gasteiger partial charge on any atom is 0.0294 e. The van der Waals surface area contributed by atoms with Gasteiger partial charge in [0.15, 0.2) is 0 Å². The molecule has 2 atom stereocenters. The summed E-state index contributed by atoms with van der Waals surface area (Å²) in [7, 11) is 0. The molecule has 0 aliphatic carbocycles. The van der Waals surface area contributed by atoms with Gasteiger partial charge in [-0.05, 0) is 35.4 Å². The van der Waals surface area contributed by atoms with Crippen LogP contribution in [0.2, 0.25) is 0 Å². The van der Waals surface area contributed by atoms with E-state index in [1.165, 1.54) is 16.7 Å². The van der Waals surface area contributed by atoms with Crippen molar-refractivity contribution in [2.75, 3.05) is 6.54 Å². The van der Waals surface area contributed by atoms with E-state index < -0.39 is 0 Å². The molecule has 15 heavy (non-hydrogen) atoms. The van der Waals surface area contributed by atoms with Crippen molar-refractivity contribution >= 4 is 0 Å². The van der Waals surface area contributed by atoms with Crippen molar-refractivity contribution in [1.29, 1.82) is 0 Å². The van der Waals surface area contributed by atoms with Gasteiger partial charge >= 0.3 is 0 Å². The molecule has 0 spiro atoms. The van der Waals surface area contributed by atoms with Gasteiger partial charge in [-0.3, -0.25) is 0 Å². The van der Waals surface area contributed by atoms with Crippen LogP contribution in [-0.4, -0.2) is 6.54 Å². The highest BCUT2D eigenvalue weighted by molar-refractivity contribution is 5.39. The number of benzene rings is 1. The van der Waals surface area contributed by atoms with Gasteiger partial charge in [0, 0.05) is 12.6 Å². The summed E-state index contributed by atoms with van der Waals surface area (Å²) in [6.07, 6.45) is 0. The lowest BCUT2D eigenvalue weighted by molar-refractivity contribution is 0.494. The first-order valence-electron chi connectivity index (χ1n) is 5.96. The molecule has 1 N–H and O–H groups in total. The summed E-state index contributed by atoms with van der Waals surface area (Å²) in [5, 5.41) is 3.55. The Balaban J connectivity index is 2.45. The van der Waals surface area contributed by atoms with E-state index in [2.05, 4.69) is 51.2 Å². The van der Waals surface area contributed by atoms with E-state index in [-0.39, 0.29) is 0 Å². The smallest absolute Gasteiger partial charge is 0.0294 e. The Kier molecular flexibility index (Phi) is 2.83. The third-order valence-electron chi connectivity index (χ3n) is 3.51. The molecule has 1 aliphatic rings. The molecule has 0 aromatic heterocycles. The van der Waals surface area contributed by atoms with Crippen LogP contribution in [0.4, 0.5) is 0 Å². The zero-order valence-electron chi connectivity index (χ0n) is 10.2. The minimum absolute atomic E-state index is 0.509. The van der Waals surface area contributed by atoms with Crippen molar-refractivity contribution in [2.45, 2.75) is 45.6 Å². The monoisotopic (exact) mass is 203 g/mol. The van der Waals surface area contributed by atoms with Gasteiger partial charge in [-0.15, -0.1) is 0 Å². The average Bonchev–Trinajstić information content (AvgIpc) is 2.23. The van der Waals surface area contributed by atoms with Gasteiger partial charge in [0.2, 0.25) is 0 Å². The molecular weight excluding hydrogens is 182 g/mol. The molecule has 1 heteroatoms. The Hall–Kier alpha value is -0.820. The second-order valence-corrected chi connectivity index (χ2v) is 5.07. The first-order valence-corrected chi connectivity index (χ1v) is 5.96. The quantitative estimate of drug-likeness (QED) is 0.735. The predicted octanol–water partition coefficient (Wildman–Crippen LogP) is 3.58. The maximum absolute atomic E-state index is 3.55. The average molecular weight is 203 g/mol. The van der Waals surface area contributed by atoms with Crippen LogP contribution in [0, 0.1) is 0 Å². The van der Waals surface area contributed by atoms with Gasteiger partial charge in [-0.1, -0.05) is 39.0 Å². The molecule has 1 heterocycles. The minimum atomic E-state index is 0.509. The van der Waals surface area contributed by atoms with Gasteiger partial charge in [-0.2, -0.15) is 0 Å². The van der Waals surface area contributed by atoms with Crippen LogP contribution in [0.15, 0.2) is 18.2 Å². The van der Waals surface area contributed by atoms with E-state index in [9.17, 15) is 0 Å². The van der Waals surface area contributed by atoms with E-state index in [1.807, 2.05) is 0 Å². The van der Waals surface area contributed by atoms with Crippen LogP contribution >= 0.6 is 0 Å². The predicted molar refractivity (Wildman–Crippen MR) is 65.4 cm³/mol. The van der Waals surface area contributed by atoms with E-state index in [0.29, 0.717) is 17.9 Å². The third kappa shape index (κ3) is 1.93. The lowest BCUT2D eigenvalue weighted by Crippen LogP contribution is -2.30. The molecule has 1 aliphatic heterocycles. The van der Waals surface area contributed by atoms with E-state index in [4.69, 9.17) is 0 Å². The highest BCUT2D eigenvalue weighted by Gasteiger charge is 2.21. The summed E-state index contributed by atoms with van der Waals surface area (Å²) in [6.45, 7) is 10.2. The number of nitrogens with one attached hydrogen (secondary N) is 1. The molecule has 0 saturated heterocycles. The van der Waals surface area contributed by atoms with Crippen LogP contribution in [0.25, 0.3) is 0 Å². The summed E-state index contributed by atoms with van der Waals surface area (Å²) >= 11 is 0. The van der Waals surface area contributed by atoms with Gasteiger partial charge in [0.1, 0.15) is 0 Å². The first-order chi connectivity index (χ1) is 7.09. The Morgan fingerprint density at radius 3 is 2.60 bits per heavy atom. The second kappa shape index (κ2) is 3.97. The fourth-order valence-corrected chi connectivity index (χ4v) is 2.35. The molecule has 82 valence electrons. The normalized spacial score (nSPS) is 25.4. The number of hydrogen-bond acceptors (Lipinski definition) is 1. The van der Waals surface area contributed by atoms with Crippen molar-refractivity contribution in [3.8, 4) is 0 Å². The summed E-state index contributed by atoms with van der Waals surface area (Å²) in [6, 6.07) is 7.51. The Labute approximate surface area is 92.9 Å². The van der Waals surface area contributed by atoms with Crippen LogP contribution in [0.5, 0.6) is 0 Å². The molecule has 0 radical (unpaired) electrons. The lowest BCUT2D eigenvalue weighted by Gasteiger charge is -2.29. The molecule has 0 bridgehead atoms. The van der Waals surface area contributed by atoms with Gasteiger partial charge in [0.25, 0.3) is 0 Å². The zero-order valence-corrected chi connectivity index (χ0v) is 10.2. The highest BCUT2D eigenvalue weighted by atomic mass is 14.9. The minimum Gasteiger partial charge on any atom is -0.310 e. The van der Waals surface area contributed by atoms with Gasteiger partial charge in [-0.25, -0.2) is 0 Å². The number of rotatable bonds is 1. The summed E-state index contributed by atoms with van der Waals surface area (Å²) in [5.41, 5.74) is 4.49. The molecule has 2 rings (SSSR count). The van der Waals surface area contributed by atoms with Crippen molar-refractivity contribution in [3.63, 3.8) is 0 Å². The Morgan fingerprint density at radius 2 is 1.93 bits per heavy atom. The Bertz CT molecular complexity index is 354. The fourth-order valence-electron chi connectivity index (χ4n) is 2.35. The summed E-state index contributed by atoms with van der Waals surface area (Å²) < 4.78 is 0. The molecular formula is C14H21N. The maximum atomic E-state index is 3.55. The van der Waals surface area contributed by atoms with Crippen LogP contribution < -0.4 is 5.32 Å². The molecule has 1 nitrogen and oxygen atoms in total. The molecule has 0 amide bonds. The van der Waals surface area contributed by atoms with Crippen molar-refractivity contribution < 1.29 is 0 Å². The van der Waals surface area contributed by atoms with Crippen molar-refractivity contribution in [3.05, 3.63) is 34.9 Å². The largest absolute Gasteiger partial charge is 0.310 e. The number of fused-ring (bicyclic) bond motifs is 1. The fraction of sp³-hybridized carbons (Fsp3) is 0.571. The molecule has 0 saturated carbocycles. The molecule has 0 fully saturated rings. The van der Waals surface area contributed by atoms with Crippen LogP contribution in [0.3, 0.4) is 0 Å². The SMILES string of the molecule is CC(C)c1ccc2c(c1)C(C)NCC2C. The van der Waals surface area contributed by atoms with Crippen LogP contribution in [0.1, 0.15) is 62.3 Å². The molecule has 1 aromatic rings. The Morgan fingerprint density at radius 1 is 1.20 bits per heavy atom. The standard InChI is InChI=1S/C14H21N/c1-9(2)12-5-6-13-10(3)8-15-11(4)14(13)7-12/h5-7,9-11,15H,8H2,1-4H3. The van der Waals surface area contributed by atoms with E-state index in [0.717, 1.165) is 6.54 Å². The summed E-state index contributed by atoms with van der Waals surface area (Å²) in [5.74, 6) is 1.28. The third-order valence-corrected chi connectivity index (χ3v) is 3.51. The molecule has 1 aromatic carbocycles. The topological polar surface area (TPSA) is 12.0 Å². The van der Waals surface area contributed by atoms with Crippen molar-refractivity contribution in [1.82, 2.24) is 5.32 Å². The van der Waals surface area contributed by atoms with Gasteiger partial charge in [0.05, 0.1) is 0 Å². The van der Waals surface area contributed by atoms with Gasteiger partial charge < -0.3 is 5.32 Å². The zero-order chi connectivity index (χ0) is 11.0. The van der Waals surface area contributed by atoms with Crippen molar-refractivity contribution in [2.24, 2.45) is 0 Å². The highest BCUT2D eigenvalue weighted by Crippen LogP contribution is 2.31.